The highest BCUT2D eigenvalue weighted by Crippen LogP contribution is 2.24. The van der Waals surface area contributed by atoms with Crippen LogP contribution in [0.25, 0.3) is 0 Å². The summed E-state index contributed by atoms with van der Waals surface area (Å²) >= 11 is 0.680. The zero-order chi connectivity index (χ0) is 17.6. The Balaban J connectivity index is 2.73. The van der Waals surface area contributed by atoms with E-state index in [1.165, 1.54) is 18.3 Å². The van der Waals surface area contributed by atoms with Crippen LogP contribution in [-0.4, -0.2) is 38.6 Å². The van der Waals surface area contributed by atoms with Crippen LogP contribution in [0, 0.1) is 10.1 Å². The highest BCUT2D eigenvalue weighted by atomic mass is 32.2. The molecule has 0 saturated carbocycles. The van der Waals surface area contributed by atoms with Gasteiger partial charge in [0, 0.05) is 12.3 Å². The summed E-state index contributed by atoms with van der Waals surface area (Å²) in [4.78, 5) is 37.0. The second kappa shape index (κ2) is 7.88. The second-order valence-corrected chi connectivity index (χ2v) is 6.31. The molecule has 1 atom stereocenters. The molecule has 0 bridgehead atoms. The molecule has 0 amide bonds. The summed E-state index contributed by atoms with van der Waals surface area (Å²) in [7, 11) is 0. The average molecular weight is 343 g/mol. The minimum atomic E-state index is -1.28. The summed E-state index contributed by atoms with van der Waals surface area (Å²) < 4.78 is 7.55. The van der Waals surface area contributed by atoms with Gasteiger partial charge in [0.15, 0.2) is 5.03 Å². The Hall–Kier alpha value is -2.20. The van der Waals surface area contributed by atoms with Gasteiger partial charge in [-0.3, -0.25) is 19.7 Å². The zero-order valence-electron chi connectivity index (χ0n) is 12.8. The van der Waals surface area contributed by atoms with E-state index < -0.39 is 34.9 Å². The number of ether oxygens (including phenoxy) is 1. The lowest BCUT2D eigenvalue weighted by atomic mass is 10.2. The van der Waals surface area contributed by atoms with Crippen molar-refractivity contribution in [3.8, 4) is 0 Å². The molecule has 1 aromatic rings. The number of carboxylic acid groups (broad SMARTS) is 1. The van der Waals surface area contributed by atoms with E-state index in [0.29, 0.717) is 11.9 Å². The molecular formula is C13H17N3O6S. The third kappa shape index (κ3) is 6.61. The van der Waals surface area contributed by atoms with Gasteiger partial charge in [-0.15, -0.1) is 0 Å². The molecule has 9 nitrogen and oxygen atoms in total. The number of esters is 1. The molecule has 0 unspecified atom stereocenters. The Morgan fingerprint density at radius 1 is 1.52 bits per heavy atom. The molecule has 23 heavy (non-hydrogen) atoms. The number of nitrogens with zero attached hydrogens (tertiary/aromatic N) is 2. The number of carbonyl (C=O) groups excluding carboxylic acids is 1. The summed E-state index contributed by atoms with van der Waals surface area (Å²) in [6.45, 7) is 5.00. The Morgan fingerprint density at radius 2 is 2.17 bits per heavy atom. The molecule has 0 aliphatic heterocycles. The Labute approximate surface area is 136 Å². The van der Waals surface area contributed by atoms with Gasteiger partial charge in [0.25, 0.3) is 0 Å². The third-order valence-corrected chi connectivity index (χ3v) is 3.24. The van der Waals surface area contributed by atoms with E-state index in [4.69, 9.17) is 9.84 Å². The number of nitro groups is 1. The van der Waals surface area contributed by atoms with Crippen molar-refractivity contribution in [1.82, 2.24) is 9.71 Å². The number of aliphatic carboxylic acids is 1. The largest absolute Gasteiger partial charge is 0.480 e. The average Bonchev–Trinajstić information content (AvgIpc) is 2.41. The van der Waals surface area contributed by atoms with E-state index in [2.05, 4.69) is 9.71 Å². The first kappa shape index (κ1) is 18.8. The van der Waals surface area contributed by atoms with Crippen molar-refractivity contribution in [1.29, 1.82) is 0 Å². The molecule has 0 fully saturated rings. The van der Waals surface area contributed by atoms with Gasteiger partial charge in [0.2, 0.25) is 0 Å². The maximum atomic E-state index is 11.7. The zero-order valence-corrected chi connectivity index (χ0v) is 13.6. The number of hydrogen-bond donors (Lipinski definition) is 2. The van der Waals surface area contributed by atoms with Crippen molar-refractivity contribution < 1.29 is 24.4 Å². The van der Waals surface area contributed by atoms with Gasteiger partial charge in [-0.2, -0.15) is 0 Å². The first-order chi connectivity index (χ1) is 10.6. The van der Waals surface area contributed by atoms with E-state index in [9.17, 15) is 19.7 Å². The van der Waals surface area contributed by atoms with Gasteiger partial charge in [-0.1, -0.05) is 0 Å². The Kier molecular flexibility index (Phi) is 6.46. The smallest absolute Gasteiger partial charge is 0.322 e. The molecule has 2 N–H and O–H groups in total. The van der Waals surface area contributed by atoms with Gasteiger partial charge in [0.05, 0.1) is 11.3 Å². The lowest BCUT2D eigenvalue weighted by Crippen LogP contribution is -2.36. The van der Waals surface area contributed by atoms with Crippen LogP contribution < -0.4 is 4.72 Å². The second-order valence-electron chi connectivity index (χ2n) is 5.49. The van der Waals surface area contributed by atoms with Crippen molar-refractivity contribution in [2.45, 2.75) is 43.9 Å². The van der Waals surface area contributed by atoms with Crippen molar-refractivity contribution in [3.05, 3.63) is 28.4 Å². The van der Waals surface area contributed by atoms with Crippen LogP contribution in [0.3, 0.4) is 0 Å². The maximum absolute atomic E-state index is 11.7. The molecule has 0 saturated heterocycles. The predicted molar refractivity (Wildman–Crippen MR) is 81.8 cm³/mol. The molecule has 0 aliphatic rings. The third-order valence-electron chi connectivity index (χ3n) is 2.33. The standard InChI is InChI=1S/C13H17N3O6S/c1-13(2,3)22-10(17)7-8(12(18)19)15-23-11-9(16(20)21)5-4-6-14-11/h4-6,8,15H,7H2,1-3H3,(H,18,19)/t8-/m0/s1. The molecule has 126 valence electrons. The highest BCUT2D eigenvalue weighted by Gasteiger charge is 2.26. The fraction of sp³-hybridized carbons (Fsp3) is 0.462. The van der Waals surface area contributed by atoms with Crippen LogP contribution >= 0.6 is 11.9 Å². The number of carboxylic acids is 1. The van der Waals surface area contributed by atoms with Crippen molar-refractivity contribution >= 4 is 29.6 Å². The SMILES string of the molecule is CC(C)(C)OC(=O)C[C@H](NSc1ncccc1[N+](=O)[O-])C(=O)O. The van der Waals surface area contributed by atoms with E-state index in [0.717, 1.165) is 0 Å². The van der Waals surface area contributed by atoms with E-state index in [1.54, 1.807) is 20.8 Å². The molecule has 10 heteroatoms. The highest BCUT2D eigenvalue weighted by molar-refractivity contribution is 7.97. The quantitative estimate of drug-likeness (QED) is 0.329. The van der Waals surface area contributed by atoms with Gasteiger partial charge in [-0.05, 0) is 38.8 Å². The summed E-state index contributed by atoms with van der Waals surface area (Å²) in [5.41, 5.74) is -0.987. The number of pyridine rings is 1. The normalized spacial score (nSPS) is 12.5. The summed E-state index contributed by atoms with van der Waals surface area (Å²) in [6, 6.07) is 1.38. The van der Waals surface area contributed by atoms with Gasteiger partial charge >= 0.3 is 17.6 Å². The lowest BCUT2D eigenvalue weighted by Gasteiger charge is -2.21. The monoisotopic (exact) mass is 343 g/mol. The molecule has 1 heterocycles. The number of aromatic nitrogens is 1. The molecule has 1 aromatic heterocycles. The van der Waals surface area contributed by atoms with Gasteiger partial charge in [-0.25, -0.2) is 9.71 Å². The molecule has 1 rings (SSSR count). The van der Waals surface area contributed by atoms with Crippen LogP contribution in [0.15, 0.2) is 23.4 Å². The first-order valence-electron chi connectivity index (χ1n) is 6.56. The maximum Gasteiger partial charge on any atom is 0.322 e. The lowest BCUT2D eigenvalue weighted by molar-refractivity contribution is -0.388. The van der Waals surface area contributed by atoms with Crippen LogP contribution in [0.1, 0.15) is 27.2 Å². The topological polar surface area (TPSA) is 132 Å². The van der Waals surface area contributed by atoms with E-state index in [-0.39, 0.29) is 10.7 Å². The van der Waals surface area contributed by atoms with Crippen LogP contribution in [0.2, 0.25) is 0 Å². The molecule has 0 aromatic carbocycles. The first-order valence-corrected chi connectivity index (χ1v) is 7.38. The predicted octanol–water partition coefficient (Wildman–Crippen LogP) is 1.77. The summed E-state index contributed by atoms with van der Waals surface area (Å²) in [5, 5.41) is 20.0. The minimum absolute atomic E-state index is 0.00735. The van der Waals surface area contributed by atoms with Crippen molar-refractivity contribution in [3.63, 3.8) is 0 Å². The number of nitrogens with one attached hydrogen (secondary N) is 1. The summed E-state index contributed by atoms with van der Waals surface area (Å²) in [5.74, 6) is -1.96. The summed E-state index contributed by atoms with van der Waals surface area (Å²) in [6.07, 6.45) is 0.931. The van der Waals surface area contributed by atoms with Crippen LogP contribution in [0.4, 0.5) is 5.69 Å². The number of rotatable bonds is 7. The van der Waals surface area contributed by atoms with E-state index in [1.807, 2.05) is 0 Å². The molecule has 0 spiro atoms. The fourth-order valence-corrected chi connectivity index (χ4v) is 2.25. The Bertz CT molecular complexity index is 602. The van der Waals surface area contributed by atoms with Crippen LogP contribution in [0.5, 0.6) is 0 Å². The van der Waals surface area contributed by atoms with Gasteiger partial charge < -0.3 is 9.84 Å². The van der Waals surface area contributed by atoms with Crippen molar-refractivity contribution in [2.75, 3.05) is 0 Å². The van der Waals surface area contributed by atoms with Crippen molar-refractivity contribution in [2.24, 2.45) is 0 Å². The minimum Gasteiger partial charge on any atom is -0.480 e. The Morgan fingerprint density at radius 3 is 2.70 bits per heavy atom. The number of carbonyl (C=O) groups is 2. The molecular weight excluding hydrogens is 326 g/mol. The van der Waals surface area contributed by atoms with Gasteiger partial charge in [0.1, 0.15) is 11.6 Å². The van der Waals surface area contributed by atoms with Crippen LogP contribution in [-0.2, 0) is 14.3 Å². The molecule has 0 radical (unpaired) electrons. The fourth-order valence-electron chi connectivity index (χ4n) is 1.46. The molecule has 0 aliphatic carbocycles. The van der Waals surface area contributed by atoms with E-state index >= 15 is 0 Å². The number of hydrogen-bond acceptors (Lipinski definition) is 8.